The quantitative estimate of drug-likeness (QED) is 0.673. The third kappa shape index (κ3) is 2.20. The molecule has 0 N–H and O–H groups in total. The van der Waals surface area contributed by atoms with Crippen LogP contribution >= 0.6 is 0 Å². The molecule has 15 heavy (non-hydrogen) atoms. The van der Waals surface area contributed by atoms with Gasteiger partial charge in [-0.1, -0.05) is 25.1 Å². The molecule has 0 aliphatic carbocycles. The first-order valence-corrected chi connectivity index (χ1v) is 5.06. The Bertz CT molecular complexity index is 329. The fraction of sp³-hybridized carbons (Fsp3) is 0.385. The first-order valence-electron chi connectivity index (χ1n) is 5.06. The standard InChI is InChI=1S/C13H17FO/c1-4-13(5-2,10-14)11-7-6-8-12(9-11)15-3/h4,6-9H,1,5,10H2,2-3H3/t13-/m1/s1. The molecule has 1 aromatic carbocycles. The Labute approximate surface area is 90.6 Å². The zero-order valence-electron chi connectivity index (χ0n) is 9.29. The number of allylic oxidation sites excluding steroid dienone is 1. The van der Waals surface area contributed by atoms with Crippen LogP contribution in [0, 0.1) is 0 Å². The molecule has 0 saturated carbocycles. The summed E-state index contributed by atoms with van der Waals surface area (Å²) in [5.74, 6) is 0.751. The Morgan fingerprint density at radius 1 is 1.53 bits per heavy atom. The van der Waals surface area contributed by atoms with Gasteiger partial charge in [-0.25, -0.2) is 4.39 Å². The van der Waals surface area contributed by atoms with Crippen molar-refractivity contribution < 1.29 is 9.13 Å². The molecular weight excluding hydrogens is 191 g/mol. The molecule has 0 bridgehead atoms. The average molecular weight is 208 g/mol. The van der Waals surface area contributed by atoms with E-state index in [4.69, 9.17) is 4.74 Å². The van der Waals surface area contributed by atoms with Crippen molar-refractivity contribution in [3.63, 3.8) is 0 Å². The number of rotatable bonds is 5. The van der Waals surface area contributed by atoms with Crippen molar-refractivity contribution in [2.45, 2.75) is 18.8 Å². The van der Waals surface area contributed by atoms with Crippen LogP contribution in [0.4, 0.5) is 4.39 Å². The van der Waals surface area contributed by atoms with Gasteiger partial charge in [-0.15, -0.1) is 6.58 Å². The maximum absolute atomic E-state index is 13.1. The summed E-state index contributed by atoms with van der Waals surface area (Å²) in [7, 11) is 1.61. The molecule has 0 spiro atoms. The lowest BCUT2D eigenvalue weighted by molar-refractivity contribution is 0.349. The summed E-state index contributed by atoms with van der Waals surface area (Å²) in [6.45, 7) is 5.25. The van der Waals surface area contributed by atoms with Crippen LogP contribution in [0.1, 0.15) is 18.9 Å². The Kier molecular flexibility index (Phi) is 3.89. The van der Waals surface area contributed by atoms with E-state index in [2.05, 4.69) is 6.58 Å². The minimum atomic E-state index is -0.575. The highest BCUT2D eigenvalue weighted by Gasteiger charge is 2.27. The number of halogens is 1. The minimum absolute atomic E-state index is 0.430. The fourth-order valence-corrected chi connectivity index (χ4v) is 1.63. The second kappa shape index (κ2) is 4.96. The normalized spacial score (nSPS) is 14.3. The van der Waals surface area contributed by atoms with Gasteiger partial charge >= 0.3 is 0 Å². The van der Waals surface area contributed by atoms with Gasteiger partial charge in [0.2, 0.25) is 0 Å². The highest BCUT2D eigenvalue weighted by molar-refractivity contribution is 5.36. The zero-order chi connectivity index (χ0) is 11.3. The summed E-state index contributed by atoms with van der Waals surface area (Å²) in [5.41, 5.74) is 0.344. The lowest BCUT2D eigenvalue weighted by atomic mass is 9.79. The molecule has 0 heterocycles. The number of hydrogen-bond donors (Lipinski definition) is 0. The van der Waals surface area contributed by atoms with Crippen molar-refractivity contribution in [1.29, 1.82) is 0 Å². The maximum Gasteiger partial charge on any atom is 0.119 e. The number of hydrogen-bond acceptors (Lipinski definition) is 1. The van der Waals surface area contributed by atoms with Gasteiger partial charge in [0.15, 0.2) is 0 Å². The molecule has 1 rings (SSSR count). The molecule has 0 aliphatic rings. The van der Waals surface area contributed by atoms with Gasteiger partial charge in [0.1, 0.15) is 12.4 Å². The van der Waals surface area contributed by atoms with E-state index in [1.165, 1.54) is 0 Å². The second-order valence-electron chi connectivity index (χ2n) is 3.58. The van der Waals surface area contributed by atoms with Gasteiger partial charge in [0.05, 0.1) is 7.11 Å². The second-order valence-corrected chi connectivity index (χ2v) is 3.58. The van der Waals surface area contributed by atoms with Crippen molar-refractivity contribution in [3.8, 4) is 5.75 Å². The lowest BCUT2D eigenvalue weighted by Gasteiger charge is -2.26. The van der Waals surface area contributed by atoms with Crippen molar-refractivity contribution in [1.82, 2.24) is 0 Å². The third-order valence-electron chi connectivity index (χ3n) is 2.90. The van der Waals surface area contributed by atoms with E-state index < -0.39 is 12.1 Å². The van der Waals surface area contributed by atoms with E-state index in [1.807, 2.05) is 31.2 Å². The van der Waals surface area contributed by atoms with Crippen LogP contribution in [-0.2, 0) is 5.41 Å². The molecule has 0 radical (unpaired) electrons. The highest BCUT2D eigenvalue weighted by Crippen LogP contribution is 2.31. The van der Waals surface area contributed by atoms with Gasteiger partial charge in [-0.2, -0.15) is 0 Å². The molecule has 82 valence electrons. The van der Waals surface area contributed by atoms with Crippen molar-refractivity contribution in [3.05, 3.63) is 42.5 Å². The van der Waals surface area contributed by atoms with Crippen molar-refractivity contribution in [2.24, 2.45) is 0 Å². The summed E-state index contributed by atoms with van der Waals surface area (Å²) < 4.78 is 18.2. The molecule has 2 heteroatoms. The number of methoxy groups -OCH3 is 1. The summed E-state index contributed by atoms with van der Waals surface area (Å²) >= 11 is 0. The summed E-state index contributed by atoms with van der Waals surface area (Å²) in [4.78, 5) is 0. The van der Waals surface area contributed by atoms with E-state index in [0.717, 1.165) is 11.3 Å². The lowest BCUT2D eigenvalue weighted by Crippen LogP contribution is -2.24. The molecule has 0 amide bonds. The van der Waals surface area contributed by atoms with E-state index >= 15 is 0 Å². The van der Waals surface area contributed by atoms with E-state index in [1.54, 1.807) is 13.2 Å². The SMILES string of the molecule is C=C[C@@](CC)(CF)c1cccc(OC)c1. The zero-order valence-corrected chi connectivity index (χ0v) is 9.29. The van der Waals surface area contributed by atoms with Gasteiger partial charge in [-0.3, -0.25) is 0 Å². The Hall–Kier alpha value is -1.31. The topological polar surface area (TPSA) is 9.23 Å². The predicted molar refractivity (Wildman–Crippen MR) is 61.1 cm³/mol. The molecule has 0 fully saturated rings. The molecule has 1 nitrogen and oxygen atoms in total. The van der Waals surface area contributed by atoms with Crippen LogP contribution in [0.3, 0.4) is 0 Å². The molecule has 0 aliphatic heterocycles. The average Bonchev–Trinajstić information content (AvgIpc) is 2.32. The van der Waals surface area contributed by atoms with Gasteiger partial charge < -0.3 is 4.74 Å². The Morgan fingerprint density at radius 2 is 2.27 bits per heavy atom. The van der Waals surface area contributed by atoms with Crippen LogP contribution < -0.4 is 4.74 Å². The monoisotopic (exact) mass is 208 g/mol. The first kappa shape index (κ1) is 11.8. The van der Waals surface area contributed by atoms with Gasteiger partial charge in [0, 0.05) is 5.41 Å². The summed E-state index contributed by atoms with van der Waals surface area (Å²) in [6, 6.07) is 7.50. The maximum atomic E-state index is 13.1. The van der Waals surface area contributed by atoms with Crippen molar-refractivity contribution >= 4 is 0 Å². The van der Waals surface area contributed by atoms with Crippen molar-refractivity contribution in [2.75, 3.05) is 13.8 Å². The summed E-state index contributed by atoms with van der Waals surface area (Å²) in [6.07, 6.45) is 2.38. The minimum Gasteiger partial charge on any atom is -0.497 e. The van der Waals surface area contributed by atoms with E-state index in [-0.39, 0.29) is 0 Å². The molecule has 0 aromatic heterocycles. The number of benzene rings is 1. The van der Waals surface area contributed by atoms with Crippen LogP contribution in [0.15, 0.2) is 36.9 Å². The molecule has 1 aromatic rings. The van der Waals surface area contributed by atoms with Crippen LogP contribution in [0.2, 0.25) is 0 Å². The van der Waals surface area contributed by atoms with Gasteiger partial charge in [0.25, 0.3) is 0 Å². The van der Waals surface area contributed by atoms with E-state index in [9.17, 15) is 4.39 Å². The molecule has 0 unspecified atom stereocenters. The fourth-order valence-electron chi connectivity index (χ4n) is 1.63. The van der Waals surface area contributed by atoms with Crippen LogP contribution in [-0.4, -0.2) is 13.8 Å². The highest BCUT2D eigenvalue weighted by atomic mass is 19.1. The smallest absolute Gasteiger partial charge is 0.119 e. The third-order valence-corrected chi connectivity index (χ3v) is 2.90. The molecular formula is C13H17FO. The largest absolute Gasteiger partial charge is 0.497 e. The van der Waals surface area contributed by atoms with Crippen LogP contribution in [0.25, 0.3) is 0 Å². The molecule has 1 atom stereocenters. The number of ether oxygens (including phenoxy) is 1. The van der Waals surface area contributed by atoms with E-state index in [0.29, 0.717) is 6.42 Å². The summed E-state index contributed by atoms with van der Waals surface area (Å²) in [5, 5.41) is 0. The Morgan fingerprint density at radius 3 is 2.73 bits per heavy atom. The number of alkyl halides is 1. The Balaban J connectivity index is 3.16. The first-order chi connectivity index (χ1) is 7.22. The predicted octanol–water partition coefficient (Wildman–Crippen LogP) is 3.50. The van der Waals surface area contributed by atoms with Crippen LogP contribution in [0.5, 0.6) is 5.75 Å². The molecule has 0 saturated heterocycles. The van der Waals surface area contributed by atoms with Gasteiger partial charge in [-0.05, 0) is 24.1 Å².